The summed E-state index contributed by atoms with van der Waals surface area (Å²) in [5, 5.41) is 0. The van der Waals surface area contributed by atoms with Gasteiger partial charge in [-0.05, 0) is 0 Å². The van der Waals surface area contributed by atoms with Gasteiger partial charge in [0.1, 0.15) is 0 Å². The molecule has 0 atom stereocenters. The fourth-order valence-corrected chi connectivity index (χ4v) is 0.447. The third-order valence-electron chi connectivity index (χ3n) is 0.376. The predicted molar refractivity (Wildman–Crippen MR) is 41.7 cm³/mol. The zero-order chi connectivity index (χ0) is 8.62. The van der Waals surface area contributed by atoms with Crippen LogP contribution in [0.3, 0.4) is 0 Å². The Labute approximate surface area is 79.3 Å². The molecule has 0 rings (SSSR count). The quantitative estimate of drug-likeness (QED) is 0.437. The molecule has 0 saturated carbocycles. The molecule has 0 amide bonds. The van der Waals surface area contributed by atoms with Gasteiger partial charge in [-0.15, -0.1) is 0 Å². The van der Waals surface area contributed by atoms with Crippen LogP contribution in [0.5, 0.6) is 0 Å². The minimum atomic E-state index is -3.80. The Morgan fingerprint density at radius 3 is 1.90 bits per heavy atom. The van der Waals surface area contributed by atoms with Crippen molar-refractivity contribution < 1.29 is 13.0 Å². The van der Waals surface area contributed by atoms with Crippen molar-refractivity contribution in [3.63, 3.8) is 0 Å². The van der Waals surface area contributed by atoms with Crippen molar-refractivity contribution >= 4 is 38.0 Å². The van der Waals surface area contributed by atoms with Crippen molar-refractivity contribution in [2.24, 2.45) is 5.73 Å². The van der Waals surface area contributed by atoms with Crippen LogP contribution in [-0.4, -0.2) is 53.2 Å². The van der Waals surface area contributed by atoms with E-state index in [-0.39, 0.29) is 12.3 Å². The Kier molecular flexibility index (Phi) is 10.7. The molecule has 0 aromatic carbocycles. The Bertz CT molecular complexity index is 145. The summed E-state index contributed by atoms with van der Waals surface area (Å²) in [6.45, 7) is 2.16. The fraction of sp³-hybridized carbons (Fsp3) is 1.00. The summed E-state index contributed by atoms with van der Waals surface area (Å²) in [5.74, 6) is -0.354. The van der Waals surface area contributed by atoms with Gasteiger partial charge in [-0.3, -0.25) is 4.55 Å². The van der Waals surface area contributed by atoms with E-state index in [1.807, 2.05) is 0 Å². The molecule has 3 N–H and O–H groups in total. The molecule has 0 aliphatic heterocycles. The molecule has 0 aliphatic carbocycles. The van der Waals surface area contributed by atoms with Crippen LogP contribution in [0.15, 0.2) is 0 Å². The number of rotatable bonds is 2. The van der Waals surface area contributed by atoms with Crippen molar-refractivity contribution in [1.29, 1.82) is 0 Å². The maximum atomic E-state index is 9.71. The summed E-state index contributed by atoms with van der Waals surface area (Å²) >= 11 is 1.37. The predicted octanol–water partition coefficient (Wildman–Crippen LogP) is -0.574. The van der Waals surface area contributed by atoms with Gasteiger partial charge in [-0.1, -0.05) is 0 Å². The van der Waals surface area contributed by atoms with Crippen LogP contribution in [0.1, 0.15) is 6.92 Å². The first-order chi connectivity index (χ1) is 4.47. The molecule has 4 nitrogen and oxygen atoms in total. The van der Waals surface area contributed by atoms with Gasteiger partial charge in [0.2, 0.25) is 0 Å². The van der Waals surface area contributed by atoms with Crippen LogP contribution >= 0.6 is 0 Å². The normalized spacial score (nSPS) is 10.1. The van der Waals surface area contributed by atoms with Gasteiger partial charge in [-0.25, -0.2) is 0 Å². The molecule has 6 heteroatoms. The second-order valence-corrected chi connectivity index (χ2v) is 4.77. The second kappa shape index (κ2) is 7.97. The van der Waals surface area contributed by atoms with E-state index in [0.29, 0.717) is 0 Å². The summed E-state index contributed by atoms with van der Waals surface area (Å²) in [6.07, 6.45) is 0. The van der Waals surface area contributed by atoms with Gasteiger partial charge in [0.15, 0.2) is 0 Å². The average Bonchev–Trinajstić information content (AvgIpc) is 1.63. The van der Waals surface area contributed by atoms with E-state index in [2.05, 4.69) is 6.92 Å². The van der Waals surface area contributed by atoms with E-state index in [9.17, 15) is 8.42 Å². The van der Waals surface area contributed by atoms with Crippen LogP contribution in [0, 0.1) is 0 Å². The molecule has 58 valence electrons. The van der Waals surface area contributed by atoms with Crippen LogP contribution in [0.25, 0.3) is 0 Å². The van der Waals surface area contributed by atoms with Crippen LogP contribution in [0.2, 0.25) is 3.67 Å². The van der Waals surface area contributed by atoms with Gasteiger partial charge in [0, 0.05) is 6.54 Å². The van der Waals surface area contributed by atoms with E-state index in [1.54, 1.807) is 0 Å². The molecule has 0 radical (unpaired) electrons. The largest absolute Gasteiger partial charge is 0.329 e. The molecule has 0 aliphatic rings. The van der Waals surface area contributed by atoms with Crippen LogP contribution in [-0.2, 0) is 10.1 Å². The minimum Gasteiger partial charge on any atom is -0.329 e. The van der Waals surface area contributed by atoms with E-state index >= 15 is 0 Å². The number of hydrogen-bond donors (Lipinski definition) is 2. The summed E-state index contributed by atoms with van der Waals surface area (Å²) in [7, 11) is -3.80. The maximum absolute atomic E-state index is 9.71. The smallest absolute Gasteiger partial charge is 0.266 e. The fourth-order valence-electron chi connectivity index (χ4n) is 0.149. The van der Waals surface area contributed by atoms with Crippen molar-refractivity contribution in [3.05, 3.63) is 0 Å². The number of nitrogens with two attached hydrogens (primary N) is 1. The summed E-state index contributed by atoms with van der Waals surface area (Å²) in [5.41, 5.74) is 4.78. The van der Waals surface area contributed by atoms with E-state index < -0.39 is 10.1 Å². The molecule has 0 saturated heterocycles. The molecule has 0 fully saturated rings. The third kappa shape index (κ3) is 23.2. The summed E-state index contributed by atoms with van der Waals surface area (Å²) in [4.78, 5) is 0. The Hall–Kier alpha value is 0.870. The molecule has 0 aromatic rings. The third-order valence-corrected chi connectivity index (χ3v) is 1.13. The molecule has 0 bridgehead atoms. The van der Waals surface area contributed by atoms with Crippen LogP contribution in [0.4, 0.5) is 0 Å². The van der Waals surface area contributed by atoms with Gasteiger partial charge in [0.05, 0.1) is 5.75 Å². The van der Waals surface area contributed by atoms with Crippen molar-refractivity contribution in [3.8, 4) is 0 Å². The second-order valence-electron chi connectivity index (χ2n) is 1.78. The molecule has 0 heterocycles. The van der Waals surface area contributed by atoms with E-state index in [1.165, 1.54) is 31.6 Å². The zero-order valence-corrected chi connectivity index (χ0v) is 9.19. The first kappa shape index (κ1) is 13.5. The molecular weight excluding hydrogens is 165 g/mol. The Morgan fingerprint density at radius 2 is 1.90 bits per heavy atom. The monoisotopic (exact) mass is 177 g/mol. The van der Waals surface area contributed by atoms with Crippen molar-refractivity contribution in [2.45, 2.75) is 10.6 Å². The Balaban J connectivity index is 0. The zero-order valence-electron chi connectivity index (χ0n) is 6.37. The number of hydrogen-bond acceptors (Lipinski definition) is 3. The van der Waals surface area contributed by atoms with Gasteiger partial charge in [-0.2, -0.15) is 8.42 Å². The SMILES string of the molecule is C[CH2][Na].NCCS(=O)(=O)O. The Morgan fingerprint density at radius 1 is 1.60 bits per heavy atom. The van der Waals surface area contributed by atoms with Gasteiger partial charge in [0.25, 0.3) is 10.1 Å². The standard InChI is InChI=1S/C2H7NO3S.C2H5.Na/c3-1-2-7(4,5)6;1-2;/h1-3H2,(H,4,5,6);1H2,2H3;. The van der Waals surface area contributed by atoms with Gasteiger partial charge >= 0.3 is 38.5 Å². The average molecular weight is 177 g/mol. The summed E-state index contributed by atoms with van der Waals surface area (Å²) in [6, 6.07) is 0. The first-order valence-electron chi connectivity index (χ1n) is 3.13. The molecular formula is C4H12NNaO3S. The molecule has 0 spiro atoms. The maximum Gasteiger partial charge on any atom is 0.266 e. The van der Waals surface area contributed by atoms with Gasteiger partial charge < -0.3 is 5.73 Å². The van der Waals surface area contributed by atoms with Crippen molar-refractivity contribution in [1.82, 2.24) is 0 Å². The minimum absolute atomic E-state index is 0.0289. The molecule has 0 aromatic heterocycles. The van der Waals surface area contributed by atoms with Crippen LogP contribution < -0.4 is 5.73 Å². The topological polar surface area (TPSA) is 80.4 Å². The summed E-state index contributed by atoms with van der Waals surface area (Å²) < 4.78 is 28.7. The molecule has 0 unspecified atom stereocenters. The van der Waals surface area contributed by atoms with E-state index in [4.69, 9.17) is 10.3 Å². The molecule has 10 heavy (non-hydrogen) atoms. The first-order valence-corrected chi connectivity index (χ1v) is 6.15. The van der Waals surface area contributed by atoms with Crippen molar-refractivity contribution in [2.75, 3.05) is 12.3 Å². The van der Waals surface area contributed by atoms with E-state index in [0.717, 1.165) is 0 Å².